The maximum absolute atomic E-state index is 11.4. The number of nitrogens with one attached hydrogen (secondary N) is 2. The average molecular weight is 272 g/mol. The van der Waals surface area contributed by atoms with Gasteiger partial charge in [-0.3, -0.25) is 0 Å². The van der Waals surface area contributed by atoms with E-state index in [1.807, 2.05) is 20.8 Å². The van der Waals surface area contributed by atoms with Crippen molar-refractivity contribution in [2.45, 2.75) is 52.2 Å². The fraction of sp³-hybridized carbons (Fsp3) is 0.929. The molecular formula is C14H28N2O3. The average Bonchev–Trinajstić information content (AvgIpc) is 2.67. The van der Waals surface area contributed by atoms with Crippen molar-refractivity contribution in [3.05, 3.63) is 0 Å². The summed E-state index contributed by atoms with van der Waals surface area (Å²) in [5, 5.41) is 6.16. The van der Waals surface area contributed by atoms with Gasteiger partial charge in [0.2, 0.25) is 0 Å². The minimum Gasteiger partial charge on any atom is -0.444 e. The topological polar surface area (TPSA) is 59.6 Å². The Labute approximate surface area is 116 Å². The van der Waals surface area contributed by atoms with Crippen molar-refractivity contribution < 1.29 is 14.3 Å². The fourth-order valence-electron chi connectivity index (χ4n) is 2.05. The largest absolute Gasteiger partial charge is 0.444 e. The summed E-state index contributed by atoms with van der Waals surface area (Å²) in [4.78, 5) is 11.4. The van der Waals surface area contributed by atoms with E-state index in [0.29, 0.717) is 18.6 Å². The van der Waals surface area contributed by atoms with Gasteiger partial charge in [0.15, 0.2) is 0 Å². The first kappa shape index (κ1) is 16.2. The summed E-state index contributed by atoms with van der Waals surface area (Å²) in [5.41, 5.74) is -0.430. The van der Waals surface area contributed by atoms with Crippen molar-refractivity contribution in [3.63, 3.8) is 0 Å². The minimum absolute atomic E-state index is 0.342. The lowest BCUT2D eigenvalue weighted by Crippen LogP contribution is -2.34. The molecule has 2 N–H and O–H groups in total. The van der Waals surface area contributed by atoms with Gasteiger partial charge in [-0.05, 0) is 53.0 Å². The van der Waals surface area contributed by atoms with Crippen LogP contribution in [-0.4, -0.2) is 44.0 Å². The van der Waals surface area contributed by atoms with Gasteiger partial charge in [-0.25, -0.2) is 4.79 Å². The highest BCUT2D eigenvalue weighted by atomic mass is 16.6. The molecule has 1 rings (SSSR count). The Hall–Kier alpha value is -0.810. The number of alkyl carbamates (subject to hydrolysis) is 1. The molecule has 0 aromatic carbocycles. The third-order valence-corrected chi connectivity index (χ3v) is 3.14. The second-order valence-electron chi connectivity index (χ2n) is 6.11. The number of amides is 1. The summed E-state index contributed by atoms with van der Waals surface area (Å²) in [6.45, 7) is 11.1. The molecule has 0 aromatic rings. The van der Waals surface area contributed by atoms with Gasteiger partial charge in [0.05, 0.1) is 6.10 Å². The van der Waals surface area contributed by atoms with E-state index in [4.69, 9.17) is 9.47 Å². The van der Waals surface area contributed by atoms with Crippen LogP contribution < -0.4 is 10.6 Å². The van der Waals surface area contributed by atoms with Crippen LogP contribution in [0.3, 0.4) is 0 Å². The molecule has 1 heterocycles. The Kier molecular flexibility index (Phi) is 6.58. The van der Waals surface area contributed by atoms with Crippen LogP contribution in [0.2, 0.25) is 0 Å². The summed E-state index contributed by atoms with van der Waals surface area (Å²) in [6, 6.07) is 0. The van der Waals surface area contributed by atoms with Crippen LogP contribution in [0, 0.1) is 5.92 Å². The highest BCUT2D eigenvalue weighted by Crippen LogP contribution is 2.19. The molecule has 0 bridgehead atoms. The maximum Gasteiger partial charge on any atom is 0.407 e. The fourth-order valence-corrected chi connectivity index (χ4v) is 2.05. The van der Waals surface area contributed by atoms with Crippen molar-refractivity contribution in [3.8, 4) is 0 Å². The molecule has 112 valence electrons. The molecule has 5 heteroatoms. The van der Waals surface area contributed by atoms with Gasteiger partial charge >= 0.3 is 6.09 Å². The van der Waals surface area contributed by atoms with Crippen molar-refractivity contribution in [2.75, 3.05) is 26.2 Å². The maximum atomic E-state index is 11.4. The van der Waals surface area contributed by atoms with E-state index in [9.17, 15) is 4.79 Å². The van der Waals surface area contributed by atoms with Crippen LogP contribution in [0.4, 0.5) is 4.79 Å². The van der Waals surface area contributed by atoms with Crippen LogP contribution in [0.25, 0.3) is 0 Å². The van der Waals surface area contributed by atoms with Crippen LogP contribution in [0.15, 0.2) is 0 Å². The third kappa shape index (κ3) is 7.38. The van der Waals surface area contributed by atoms with E-state index in [-0.39, 0.29) is 6.09 Å². The Balaban J connectivity index is 1.95. The van der Waals surface area contributed by atoms with Crippen LogP contribution in [0.5, 0.6) is 0 Å². The first-order chi connectivity index (χ1) is 8.88. The number of rotatable bonds is 6. The second kappa shape index (κ2) is 7.70. The van der Waals surface area contributed by atoms with Gasteiger partial charge in [0.25, 0.3) is 0 Å². The zero-order valence-corrected chi connectivity index (χ0v) is 12.6. The Morgan fingerprint density at radius 1 is 1.37 bits per heavy atom. The quantitative estimate of drug-likeness (QED) is 0.725. The van der Waals surface area contributed by atoms with Crippen molar-refractivity contribution in [2.24, 2.45) is 5.92 Å². The highest BCUT2D eigenvalue weighted by molar-refractivity contribution is 5.67. The molecule has 1 saturated heterocycles. The van der Waals surface area contributed by atoms with Crippen molar-refractivity contribution in [1.82, 2.24) is 10.6 Å². The summed E-state index contributed by atoms with van der Waals surface area (Å²) in [7, 11) is 0. The molecule has 0 saturated carbocycles. The first-order valence-electron chi connectivity index (χ1n) is 7.17. The van der Waals surface area contributed by atoms with Crippen molar-refractivity contribution in [1.29, 1.82) is 0 Å². The minimum atomic E-state index is -0.430. The zero-order valence-electron chi connectivity index (χ0n) is 12.6. The van der Waals surface area contributed by atoms with Crippen LogP contribution >= 0.6 is 0 Å². The molecule has 5 nitrogen and oxygen atoms in total. The number of carbonyl (C=O) groups excluding carboxylic acids is 1. The van der Waals surface area contributed by atoms with E-state index in [1.165, 1.54) is 0 Å². The smallest absolute Gasteiger partial charge is 0.407 e. The SMILES string of the molecule is CC1OCCC1CNCCCNC(=O)OC(C)(C)C. The summed E-state index contributed by atoms with van der Waals surface area (Å²) < 4.78 is 10.7. The third-order valence-electron chi connectivity index (χ3n) is 3.14. The van der Waals surface area contributed by atoms with E-state index in [0.717, 1.165) is 32.5 Å². The van der Waals surface area contributed by atoms with E-state index >= 15 is 0 Å². The second-order valence-corrected chi connectivity index (χ2v) is 6.11. The van der Waals surface area contributed by atoms with Gasteiger partial charge in [-0.1, -0.05) is 0 Å². The monoisotopic (exact) mass is 272 g/mol. The van der Waals surface area contributed by atoms with E-state index in [1.54, 1.807) is 0 Å². The van der Waals surface area contributed by atoms with Crippen molar-refractivity contribution >= 4 is 6.09 Å². The van der Waals surface area contributed by atoms with Gasteiger partial charge in [0.1, 0.15) is 5.60 Å². The summed E-state index contributed by atoms with van der Waals surface area (Å²) in [6.07, 6.45) is 2.07. The normalized spacial score (nSPS) is 23.4. The predicted molar refractivity (Wildman–Crippen MR) is 75.2 cm³/mol. The molecule has 2 atom stereocenters. The Bertz CT molecular complexity index is 276. The number of carbonyl (C=O) groups is 1. The zero-order chi connectivity index (χ0) is 14.3. The van der Waals surface area contributed by atoms with E-state index < -0.39 is 5.60 Å². The van der Waals surface area contributed by atoms with Gasteiger partial charge in [-0.2, -0.15) is 0 Å². The Morgan fingerprint density at radius 3 is 2.68 bits per heavy atom. The van der Waals surface area contributed by atoms with E-state index in [2.05, 4.69) is 17.6 Å². The lowest BCUT2D eigenvalue weighted by Gasteiger charge is -2.19. The van der Waals surface area contributed by atoms with Gasteiger partial charge in [0, 0.05) is 19.7 Å². The summed E-state index contributed by atoms with van der Waals surface area (Å²) in [5.74, 6) is 0.624. The van der Waals surface area contributed by atoms with Crippen LogP contribution in [-0.2, 0) is 9.47 Å². The lowest BCUT2D eigenvalue weighted by molar-refractivity contribution is 0.0527. The molecule has 1 aliphatic rings. The molecule has 0 spiro atoms. The molecule has 0 aliphatic carbocycles. The molecule has 1 aliphatic heterocycles. The molecule has 2 unspecified atom stereocenters. The molecular weight excluding hydrogens is 244 g/mol. The first-order valence-corrected chi connectivity index (χ1v) is 7.17. The standard InChI is InChI=1S/C14H28N2O3/c1-11-12(6-9-18-11)10-15-7-5-8-16-13(17)19-14(2,3)4/h11-12,15H,5-10H2,1-4H3,(H,16,17). The number of hydrogen-bond donors (Lipinski definition) is 2. The molecule has 0 aromatic heterocycles. The number of ether oxygens (including phenoxy) is 2. The lowest BCUT2D eigenvalue weighted by atomic mass is 10.0. The predicted octanol–water partition coefficient (Wildman–Crippen LogP) is 1.92. The molecule has 1 fully saturated rings. The summed E-state index contributed by atoms with van der Waals surface area (Å²) >= 11 is 0. The molecule has 0 radical (unpaired) electrons. The van der Waals surface area contributed by atoms with Gasteiger partial charge < -0.3 is 20.1 Å². The molecule has 19 heavy (non-hydrogen) atoms. The molecule has 1 amide bonds. The highest BCUT2D eigenvalue weighted by Gasteiger charge is 2.23. The van der Waals surface area contributed by atoms with Gasteiger partial charge in [-0.15, -0.1) is 0 Å². The number of hydrogen-bond acceptors (Lipinski definition) is 4. The van der Waals surface area contributed by atoms with Crippen LogP contribution in [0.1, 0.15) is 40.5 Å². The Morgan fingerprint density at radius 2 is 2.11 bits per heavy atom.